The molecule has 0 saturated carbocycles. The molecular formula is C32H20FN5O2S2. The van der Waals surface area contributed by atoms with E-state index in [0.29, 0.717) is 26.3 Å². The molecule has 2 amide bonds. The highest BCUT2D eigenvalue weighted by atomic mass is 32.1. The van der Waals surface area contributed by atoms with Crippen LogP contribution in [0.5, 0.6) is 0 Å². The number of nitrogens with zero attached hydrogens (tertiary/aromatic N) is 4. The maximum absolute atomic E-state index is 14.4. The van der Waals surface area contributed by atoms with Gasteiger partial charge in [0.2, 0.25) is 0 Å². The summed E-state index contributed by atoms with van der Waals surface area (Å²) in [5.74, 6) is -1.27. The summed E-state index contributed by atoms with van der Waals surface area (Å²) in [6.45, 7) is 0. The van der Waals surface area contributed by atoms with E-state index >= 15 is 0 Å². The van der Waals surface area contributed by atoms with Gasteiger partial charge in [0, 0.05) is 27.4 Å². The van der Waals surface area contributed by atoms with Crippen LogP contribution < -0.4 is 10.2 Å². The number of carbonyl (C=O) groups is 2. The van der Waals surface area contributed by atoms with Gasteiger partial charge in [-0.3, -0.25) is 24.5 Å². The average Bonchev–Trinajstić information content (AvgIpc) is 3.69. The first-order valence-electron chi connectivity index (χ1n) is 13.0. The van der Waals surface area contributed by atoms with E-state index in [4.69, 9.17) is 0 Å². The van der Waals surface area contributed by atoms with Crippen LogP contribution in [0.25, 0.3) is 32.0 Å². The number of amides is 2. The van der Waals surface area contributed by atoms with E-state index in [1.165, 1.54) is 28.4 Å². The molecular weight excluding hydrogens is 570 g/mol. The van der Waals surface area contributed by atoms with Crippen LogP contribution in [-0.2, 0) is 4.79 Å². The highest BCUT2D eigenvalue weighted by molar-refractivity contribution is 7.22. The first kappa shape index (κ1) is 25.9. The van der Waals surface area contributed by atoms with E-state index in [1.807, 2.05) is 53.9 Å². The number of rotatable bonds is 6. The number of fused-ring (bicyclic) bond motifs is 3. The van der Waals surface area contributed by atoms with Gasteiger partial charge in [0.05, 0.1) is 33.1 Å². The first-order valence-corrected chi connectivity index (χ1v) is 14.7. The van der Waals surface area contributed by atoms with E-state index in [-0.39, 0.29) is 5.13 Å². The fourth-order valence-electron chi connectivity index (χ4n) is 4.82. The van der Waals surface area contributed by atoms with E-state index in [1.54, 1.807) is 42.7 Å². The maximum atomic E-state index is 14.4. The average molecular weight is 590 g/mol. The van der Waals surface area contributed by atoms with Crippen molar-refractivity contribution in [2.45, 2.75) is 6.04 Å². The molecule has 0 fully saturated rings. The minimum absolute atomic E-state index is 0.275. The summed E-state index contributed by atoms with van der Waals surface area (Å²) in [6, 6.07) is 25.2. The summed E-state index contributed by atoms with van der Waals surface area (Å²) < 4.78 is 14.7. The number of thiophene rings is 1. The van der Waals surface area contributed by atoms with Crippen molar-refractivity contribution >= 4 is 77.3 Å². The zero-order valence-electron chi connectivity index (χ0n) is 21.8. The monoisotopic (exact) mass is 589 g/mol. The summed E-state index contributed by atoms with van der Waals surface area (Å²) in [4.78, 5) is 44.1. The van der Waals surface area contributed by atoms with Gasteiger partial charge in [0.1, 0.15) is 5.82 Å². The normalized spacial score (nSPS) is 12.0. The van der Waals surface area contributed by atoms with Gasteiger partial charge in [-0.1, -0.05) is 41.7 Å². The van der Waals surface area contributed by atoms with Crippen molar-refractivity contribution in [3.05, 3.63) is 125 Å². The molecule has 0 spiro atoms. The molecule has 1 atom stereocenters. The van der Waals surface area contributed by atoms with Crippen molar-refractivity contribution in [3.63, 3.8) is 0 Å². The second-order valence-corrected chi connectivity index (χ2v) is 11.5. The predicted octanol–water partition coefficient (Wildman–Crippen LogP) is 7.62. The number of anilines is 2. The molecule has 0 aliphatic rings. The third kappa shape index (κ3) is 4.87. The molecule has 204 valence electrons. The number of benzene rings is 3. The highest BCUT2D eigenvalue weighted by Crippen LogP contribution is 2.38. The van der Waals surface area contributed by atoms with Gasteiger partial charge in [-0.25, -0.2) is 9.37 Å². The Labute approximate surface area is 246 Å². The molecule has 0 radical (unpaired) electrons. The molecule has 0 aliphatic carbocycles. The third-order valence-corrected chi connectivity index (χ3v) is 8.73. The Morgan fingerprint density at radius 3 is 2.52 bits per heavy atom. The van der Waals surface area contributed by atoms with E-state index in [9.17, 15) is 14.0 Å². The van der Waals surface area contributed by atoms with E-state index in [2.05, 4.69) is 20.3 Å². The summed E-state index contributed by atoms with van der Waals surface area (Å²) >= 11 is 2.51. The fraction of sp³-hybridized carbons (Fsp3) is 0.0312. The van der Waals surface area contributed by atoms with Crippen molar-refractivity contribution in [2.75, 3.05) is 10.2 Å². The van der Waals surface area contributed by atoms with Crippen molar-refractivity contribution < 1.29 is 14.0 Å². The van der Waals surface area contributed by atoms with Gasteiger partial charge in [0.15, 0.2) is 11.2 Å². The minimum atomic E-state index is -1.07. The fourth-order valence-corrected chi connectivity index (χ4v) is 6.65. The Morgan fingerprint density at radius 1 is 0.833 bits per heavy atom. The van der Waals surface area contributed by atoms with E-state index in [0.717, 1.165) is 33.1 Å². The lowest BCUT2D eigenvalue weighted by atomic mass is 10.1. The lowest BCUT2D eigenvalue weighted by Crippen LogP contribution is -2.41. The van der Waals surface area contributed by atoms with Gasteiger partial charge in [-0.2, -0.15) is 0 Å². The van der Waals surface area contributed by atoms with Gasteiger partial charge in [-0.05, 0) is 66.0 Å². The number of pyridine rings is 2. The molecule has 4 heterocycles. The minimum Gasteiger partial charge on any atom is -0.323 e. The third-order valence-electron chi connectivity index (χ3n) is 6.79. The van der Waals surface area contributed by atoms with Crippen LogP contribution in [0.15, 0.2) is 109 Å². The number of halogens is 1. The molecule has 0 saturated heterocycles. The molecule has 1 N–H and O–H groups in total. The second kappa shape index (κ2) is 10.7. The van der Waals surface area contributed by atoms with Crippen LogP contribution in [-0.4, -0.2) is 26.8 Å². The van der Waals surface area contributed by atoms with Crippen LogP contribution in [0, 0.1) is 5.82 Å². The van der Waals surface area contributed by atoms with Gasteiger partial charge < -0.3 is 5.32 Å². The zero-order chi connectivity index (χ0) is 28.6. The van der Waals surface area contributed by atoms with Gasteiger partial charge in [0.25, 0.3) is 11.8 Å². The Kier molecular flexibility index (Phi) is 6.61. The summed E-state index contributed by atoms with van der Waals surface area (Å²) in [5, 5.41) is 6.75. The Morgan fingerprint density at radius 2 is 1.64 bits per heavy atom. The number of nitrogens with one attached hydrogen (secondary N) is 1. The SMILES string of the molecule is O=C(Nc1cnc2ccccc2c1)C(c1cccs1)N(C(=O)c1ccc2ncccc2c1)c1nc2ccc(F)cc2s1. The Balaban J connectivity index is 1.36. The summed E-state index contributed by atoms with van der Waals surface area (Å²) in [6.07, 6.45) is 3.28. The Bertz CT molecular complexity index is 2110. The first-order chi connectivity index (χ1) is 20.5. The number of thiazole rings is 1. The summed E-state index contributed by atoms with van der Waals surface area (Å²) in [7, 11) is 0. The molecule has 7 nitrogen and oxygen atoms in total. The molecule has 3 aromatic carbocycles. The van der Waals surface area contributed by atoms with Crippen molar-refractivity contribution in [1.29, 1.82) is 0 Å². The number of carbonyl (C=O) groups excluding carboxylic acids is 2. The summed E-state index contributed by atoms with van der Waals surface area (Å²) in [5.41, 5.74) is 2.93. The van der Waals surface area contributed by atoms with Crippen molar-refractivity contribution in [2.24, 2.45) is 0 Å². The quantitative estimate of drug-likeness (QED) is 0.216. The standard InChI is InChI=1S/C32H20FN5O2S2/c33-22-10-12-26-28(17-22)42-32(37-26)38(31(40)21-9-11-25-19(15-21)6-3-13-34-25)29(27-8-4-14-41-27)30(39)36-23-16-20-5-1-2-7-24(20)35-18-23/h1-18,29H,(H,36,39). The number of hydrogen-bond acceptors (Lipinski definition) is 7. The topological polar surface area (TPSA) is 88.1 Å². The maximum Gasteiger partial charge on any atom is 0.261 e. The lowest BCUT2D eigenvalue weighted by Gasteiger charge is -2.28. The molecule has 7 rings (SSSR count). The van der Waals surface area contributed by atoms with Gasteiger partial charge >= 0.3 is 0 Å². The largest absolute Gasteiger partial charge is 0.323 e. The molecule has 7 aromatic rings. The smallest absolute Gasteiger partial charge is 0.261 e. The molecule has 0 aliphatic heterocycles. The lowest BCUT2D eigenvalue weighted by molar-refractivity contribution is -0.117. The predicted molar refractivity (Wildman–Crippen MR) is 166 cm³/mol. The number of aromatic nitrogens is 3. The van der Waals surface area contributed by atoms with Crippen LogP contribution in [0.4, 0.5) is 15.2 Å². The second-order valence-electron chi connectivity index (χ2n) is 9.52. The number of hydrogen-bond donors (Lipinski definition) is 1. The molecule has 1 unspecified atom stereocenters. The molecule has 10 heteroatoms. The van der Waals surface area contributed by atoms with Crippen LogP contribution in [0.3, 0.4) is 0 Å². The molecule has 42 heavy (non-hydrogen) atoms. The van der Waals surface area contributed by atoms with Crippen LogP contribution in [0.2, 0.25) is 0 Å². The number of para-hydroxylation sites is 1. The van der Waals surface area contributed by atoms with Crippen LogP contribution in [0.1, 0.15) is 21.3 Å². The van der Waals surface area contributed by atoms with E-state index < -0.39 is 23.7 Å². The molecule has 0 bridgehead atoms. The van der Waals surface area contributed by atoms with Crippen molar-refractivity contribution in [3.8, 4) is 0 Å². The molecule has 4 aromatic heterocycles. The Hall–Kier alpha value is -5.06. The van der Waals surface area contributed by atoms with Gasteiger partial charge in [-0.15, -0.1) is 11.3 Å². The highest BCUT2D eigenvalue weighted by Gasteiger charge is 2.36. The zero-order valence-corrected chi connectivity index (χ0v) is 23.4. The van der Waals surface area contributed by atoms with Crippen LogP contribution >= 0.6 is 22.7 Å². The van der Waals surface area contributed by atoms with Crippen molar-refractivity contribution in [1.82, 2.24) is 15.0 Å².